The summed E-state index contributed by atoms with van der Waals surface area (Å²) in [6.45, 7) is 0. The van der Waals surface area contributed by atoms with E-state index in [-0.39, 0.29) is 0 Å². The zero-order valence-corrected chi connectivity index (χ0v) is 12.3. The fourth-order valence-corrected chi connectivity index (χ4v) is 2.91. The van der Waals surface area contributed by atoms with Crippen molar-refractivity contribution in [1.82, 2.24) is 0 Å². The van der Waals surface area contributed by atoms with E-state index in [9.17, 15) is 8.42 Å². The number of hydrogen-bond acceptors (Lipinski definition) is 2. The number of hydrogen-bond donors (Lipinski definition) is 0. The summed E-state index contributed by atoms with van der Waals surface area (Å²) in [5.41, 5.74) is 2.14. The van der Waals surface area contributed by atoms with Gasteiger partial charge in [-0.1, -0.05) is 40.2 Å². The van der Waals surface area contributed by atoms with E-state index in [1.54, 1.807) is 18.2 Å². The lowest BCUT2D eigenvalue weighted by Gasteiger charge is -2.05. The van der Waals surface area contributed by atoms with Crippen molar-refractivity contribution < 1.29 is 8.42 Å². The van der Waals surface area contributed by atoms with Gasteiger partial charge in [-0.25, -0.2) is 8.42 Å². The lowest BCUT2D eigenvalue weighted by Crippen LogP contribution is -1.98. The molecule has 2 aromatic rings. The van der Waals surface area contributed by atoms with Crippen molar-refractivity contribution >= 4 is 25.8 Å². The lowest BCUT2D eigenvalue weighted by atomic mass is 10.1. The molecule has 0 unspecified atom stereocenters. The molecule has 94 valence electrons. The Kier molecular flexibility index (Phi) is 3.88. The zero-order valence-electron chi connectivity index (χ0n) is 9.93. The van der Waals surface area contributed by atoms with Gasteiger partial charge in [0.2, 0.25) is 0 Å². The number of sulfone groups is 1. The van der Waals surface area contributed by atoms with Gasteiger partial charge >= 0.3 is 0 Å². The number of halogens is 1. The van der Waals surface area contributed by atoms with Crippen LogP contribution in [-0.2, 0) is 16.3 Å². The second kappa shape index (κ2) is 5.24. The quantitative estimate of drug-likeness (QED) is 0.866. The first-order valence-electron chi connectivity index (χ1n) is 5.48. The second-order valence-electron chi connectivity index (χ2n) is 4.23. The molecule has 0 atom stereocenters. The molecular weight excluding hydrogens is 312 g/mol. The molecule has 2 rings (SSSR count). The third kappa shape index (κ3) is 3.43. The predicted molar refractivity (Wildman–Crippen MR) is 76.5 cm³/mol. The van der Waals surface area contributed by atoms with Gasteiger partial charge in [-0.2, -0.15) is 0 Å². The summed E-state index contributed by atoms with van der Waals surface area (Å²) in [4.78, 5) is 0.370. The van der Waals surface area contributed by atoms with Crippen molar-refractivity contribution in [1.29, 1.82) is 0 Å². The summed E-state index contributed by atoms with van der Waals surface area (Å²) in [7, 11) is -3.14. The van der Waals surface area contributed by atoms with Crippen molar-refractivity contribution in [2.45, 2.75) is 11.3 Å². The number of rotatable bonds is 3. The molecule has 0 aliphatic carbocycles. The largest absolute Gasteiger partial charge is 0.224 e. The zero-order chi connectivity index (χ0) is 13.2. The van der Waals surface area contributed by atoms with Crippen LogP contribution in [0, 0.1) is 0 Å². The van der Waals surface area contributed by atoms with Crippen LogP contribution in [0.25, 0.3) is 0 Å². The normalized spacial score (nSPS) is 11.4. The first-order chi connectivity index (χ1) is 8.45. The van der Waals surface area contributed by atoms with E-state index in [1.165, 1.54) is 6.26 Å². The Morgan fingerprint density at radius 3 is 2.22 bits per heavy atom. The molecule has 0 radical (unpaired) electrons. The Labute approximate surface area is 116 Å². The standard InChI is InChI=1S/C14H13BrO2S/c1-18(16,17)14-7-3-5-12(10-14)8-11-4-2-6-13(15)9-11/h2-7,9-10H,8H2,1H3. The van der Waals surface area contributed by atoms with Crippen LogP contribution in [0.2, 0.25) is 0 Å². The molecule has 0 heterocycles. The second-order valence-corrected chi connectivity index (χ2v) is 7.16. The van der Waals surface area contributed by atoms with E-state index in [0.717, 1.165) is 22.0 Å². The van der Waals surface area contributed by atoms with E-state index in [0.29, 0.717) is 4.90 Å². The molecule has 0 spiro atoms. The van der Waals surface area contributed by atoms with Gasteiger partial charge in [0.1, 0.15) is 0 Å². The minimum absolute atomic E-state index is 0.370. The van der Waals surface area contributed by atoms with E-state index in [2.05, 4.69) is 15.9 Å². The molecule has 0 N–H and O–H groups in total. The van der Waals surface area contributed by atoms with Gasteiger partial charge in [-0.05, 0) is 41.8 Å². The van der Waals surface area contributed by atoms with Crippen molar-refractivity contribution in [3.8, 4) is 0 Å². The summed E-state index contributed by atoms with van der Waals surface area (Å²) in [5, 5.41) is 0. The van der Waals surface area contributed by atoms with Crippen molar-refractivity contribution in [2.75, 3.05) is 6.26 Å². The molecule has 0 saturated heterocycles. The van der Waals surface area contributed by atoms with Crippen LogP contribution in [0.1, 0.15) is 11.1 Å². The highest BCUT2D eigenvalue weighted by Crippen LogP contribution is 2.17. The van der Waals surface area contributed by atoms with Gasteiger partial charge in [0, 0.05) is 10.7 Å². The Balaban J connectivity index is 2.30. The van der Waals surface area contributed by atoms with Crippen LogP contribution in [0.15, 0.2) is 57.9 Å². The Morgan fingerprint density at radius 1 is 1.00 bits per heavy atom. The van der Waals surface area contributed by atoms with Crippen molar-refractivity contribution in [3.05, 3.63) is 64.1 Å². The first-order valence-corrected chi connectivity index (χ1v) is 8.17. The van der Waals surface area contributed by atoms with E-state index in [4.69, 9.17) is 0 Å². The molecule has 0 saturated carbocycles. The molecule has 0 aliphatic rings. The summed E-state index contributed by atoms with van der Waals surface area (Å²) < 4.78 is 24.0. The molecule has 0 fully saturated rings. The monoisotopic (exact) mass is 324 g/mol. The summed E-state index contributed by atoms with van der Waals surface area (Å²) in [6.07, 6.45) is 1.95. The minimum atomic E-state index is -3.14. The van der Waals surface area contributed by atoms with E-state index < -0.39 is 9.84 Å². The van der Waals surface area contributed by atoms with Gasteiger partial charge in [0.05, 0.1) is 4.90 Å². The molecular formula is C14H13BrO2S. The van der Waals surface area contributed by atoms with Crippen LogP contribution < -0.4 is 0 Å². The summed E-state index contributed by atoms with van der Waals surface area (Å²) >= 11 is 3.43. The van der Waals surface area contributed by atoms with Crippen LogP contribution in [0.3, 0.4) is 0 Å². The van der Waals surface area contributed by atoms with Crippen molar-refractivity contribution in [2.24, 2.45) is 0 Å². The van der Waals surface area contributed by atoms with E-state index in [1.807, 2.05) is 30.3 Å². The molecule has 2 aromatic carbocycles. The molecule has 0 aromatic heterocycles. The van der Waals surface area contributed by atoms with Crippen molar-refractivity contribution in [3.63, 3.8) is 0 Å². The molecule has 2 nitrogen and oxygen atoms in total. The summed E-state index contributed by atoms with van der Waals surface area (Å²) in [5.74, 6) is 0. The summed E-state index contributed by atoms with van der Waals surface area (Å²) in [6, 6.07) is 15.1. The molecule has 18 heavy (non-hydrogen) atoms. The van der Waals surface area contributed by atoms with Crippen LogP contribution in [0.4, 0.5) is 0 Å². The predicted octanol–water partition coefficient (Wildman–Crippen LogP) is 3.44. The smallest absolute Gasteiger partial charge is 0.175 e. The fraction of sp³-hybridized carbons (Fsp3) is 0.143. The average Bonchev–Trinajstić information content (AvgIpc) is 2.28. The van der Waals surface area contributed by atoms with E-state index >= 15 is 0 Å². The first kappa shape index (κ1) is 13.3. The van der Waals surface area contributed by atoms with Crippen LogP contribution in [-0.4, -0.2) is 14.7 Å². The van der Waals surface area contributed by atoms with Gasteiger partial charge < -0.3 is 0 Å². The van der Waals surface area contributed by atoms with Crippen LogP contribution in [0.5, 0.6) is 0 Å². The number of benzene rings is 2. The van der Waals surface area contributed by atoms with Gasteiger partial charge in [0.15, 0.2) is 9.84 Å². The van der Waals surface area contributed by atoms with Gasteiger partial charge in [-0.15, -0.1) is 0 Å². The maximum atomic E-state index is 11.5. The molecule has 4 heteroatoms. The highest BCUT2D eigenvalue weighted by molar-refractivity contribution is 9.10. The Morgan fingerprint density at radius 2 is 1.61 bits per heavy atom. The SMILES string of the molecule is CS(=O)(=O)c1cccc(Cc2cccc(Br)c2)c1. The maximum absolute atomic E-state index is 11.5. The molecule has 0 bridgehead atoms. The Bertz CT molecular complexity index is 663. The molecule has 0 aliphatic heterocycles. The maximum Gasteiger partial charge on any atom is 0.175 e. The highest BCUT2D eigenvalue weighted by Gasteiger charge is 2.07. The van der Waals surface area contributed by atoms with Gasteiger partial charge in [0.25, 0.3) is 0 Å². The fourth-order valence-electron chi connectivity index (χ4n) is 1.77. The highest BCUT2D eigenvalue weighted by atomic mass is 79.9. The van der Waals surface area contributed by atoms with Gasteiger partial charge in [-0.3, -0.25) is 0 Å². The minimum Gasteiger partial charge on any atom is -0.224 e. The average molecular weight is 325 g/mol. The third-order valence-corrected chi connectivity index (χ3v) is 4.23. The molecule has 0 amide bonds. The van der Waals surface area contributed by atoms with Crippen LogP contribution >= 0.6 is 15.9 Å². The Hall–Kier alpha value is -1.13. The third-order valence-electron chi connectivity index (χ3n) is 2.62. The lowest BCUT2D eigenvalue weighted by molar-refractivity contribution is 0.602. The topological polar surface area (TPSA) is 34.1 Å².